The first-order valence-electron chi connectivity index (χ1n) is 7.49. The summed E-state index contributed by atoms with van der Waals surface area (Å²) in [5.41, 5.74) is 1.96. The van der Waals surface area contributed by atoms with Crippen LogP contribution in [0.1, 0.15) is 11.3 Å². The van der Waals surface area contributed by atoms with Crippen LogP contribution in [0.2, 0.25) is 10.0 Å². The van der Waals surface area contributed by atoms with Crippen LogP contribution >= 0.6 is 23.2 Å². The van der Waals surface area contributed by atoms with Gasteiger partial charge in [-0.05, 0) is 29.3 Å². The van der Waals surface area contributed by atoms with Gasteiger partial charge in [-0.2, -0.15) is 5.32 Å². The lowest BCUT2D eigenvalue weighted by Crippen LogP contribution is -2.16. The van der Waals surface area contributed by atoms with Crippen molar-refractivity contribution in [3.8, 4) is 0 Å². The lowest BCUT2D eigenvalue weighted by atomic mass is 10.2. The van der Waals surface area contributed by atoms with Crippen LogP contribution in [0.15, 0.2) is 57.3 Å². The van der Waals surface area contributed by atoms with Gasteiger partial charge < -0.3 is 4.42 Å². The normalized spacial score (nSPS) is 12.8. The average Bonchev–Trinajstić information content (AvgIpc) is 3.28. The smallest absolute Gasteiger partial charge is 0.310 e. The first-order valence-corrected chi connectivity index (χ1v) is 8.25. The Morgan fingerprint density at radius 3 is 2.80 bits per heavy atom. The molecule has 0 radical (unpaired) electrons. The molecule has 1 aliphatic rings. The van der Waals surface area contributed by atoms with Gasteiger partial charge in [0.2, 0.25) is 0 Å². The second-order valence-corrected chi connectivity index (χ2v) is 6.15. The average molecular weight is 373 g/mol. The molecule has 0 saturated carbocycles. The monoisotopic (exact) mass is 372 g/mol. The highest BCUT2D eigenvalue weighted by atomic mass is 35.5. The van der Waals surface area contributed by atoms with Gasteiger partial charge in [-0.3, -0.25) is 0 Å². The summed E-state index contributed by atoms with van der Waals surface area (Å²) in [7, 11) is 0. The summed E-state index contributed by atoms with van der Waals surface area (Å²) in [6, 6.07) is 9.11. The zero-order valence-corrected chi connectivity index (χ0v) is 14.4. The highest BCUT2D eigenvalue weighted by Gasteiger charge is 2.26. The van der Waals surface area contributed by atoms with Crippen molar-refractivity contribution in [1.29, 1.82) is 0 Å². The van der Waals surface area contributed by atoms with Gasteiger partial charge in [0.15, 0.2) is 0 Å². The first-order chi connectivity index (χ1) is 12.2. The first kappa shape index (κ1) is 15.8. The summed E-state index contributed by atoms with van der Waals surface area (Å²) in [6.07, 6.45) is 6.03. The number of halogens is 2. The molecular weight excluding hydrogens is 361 g/mol. The van der Waals surface area contributed by atoms with Crippen LogP contribution in [-0.2, 0) is 13.1 Å². The summed E-state index contributed by atoms with van der Waals surface area (Å²) in [6.45, 7) is 0.846. The van der Waals surface area contributed by atoms with Gasteiger partial charge in [0.1, 0.15) is 18.6 Å². The maximum atomic E-state index is 6.26. The minimum atomic E-state index is 0.391. The molecule has 1 N–H and O–H groups in total. The van der Waals surface area contributed by atoms with Crippen molar-refractivity contribution < 1.29 is 4.42 Å². The molecule has 6 nitrogen and oxygen atoms in total. The van der Waals surface area contributed by atoms with Crippen LogP contribution in [0.3, 0.4) is 0 Å². The molecule has 0 unspecified atom stereocenters. The molecule has 25 heavy (non-hydrogen) atoms. The van der Waals surface area contributed by atoms with Crippen molar-refractivity contribution in [3.63, 3.8) is 0 Å². The summed E-state index contributed by atoms with van der Waals surface area (Å²) < 4.78 is 7.16. The fourth-order valence-electron chi connectivity index (χ4n) is 2.50. The minimum Gasteiger partial charge on any atom is -0.467 e. The quantitative estimate of drug-likeness (QED) is 0.706. The van der Waals surface area contributed by atoms with Crippen LogP contribution in [0, 0.1) is 0 Å². The van der Waals surface area contributed by atoms with Crippen molar-refractivity contribution in [1.82, 2.24) is 9.55 Å². The number of hydrogen-bond acceptors (Lipinski definition) is 5. The van der Waals surface area contributed by atoms with Crippen LogP contribution in [-0.4, -0.2) is 15.9 Å². The van der Waals surface area contributed by atoms with Gasteiger partial charge in [0, 0.05) is 15.6 Å². The number of nitrogens with one attached hydrogen (secondary N) is 1. The van der Waals surface area contributed by atoms with Gasteiger partial charge in [-0.25, -0.2) is 14.5 Å². The fourth-order valence-corrected chi connectivity index (χ4v) is 3.02. The molecule has 4 rings (SSSR count). The van der Waals surface area contributed by atoms with Gasteiger partial charge in [-0.1, -0.05) is 29.3 Å². The minimum absolute atomic E-state index is 0.391. The number of rotatable bonds is 4. The van der Waals surface area contributed by atoms with E-state index in [-0.39, 0.29) is 0 Å². The van der Waals surface area contributed by atoms with Crippen LogP contribution in [0.4, 0.5) is 11.5 Å². The molecule has 0 bridgehead atoms. The Hall–Kier alpha value is -2.66. The molecule has 1 aliphatic heterocycles. The Morgan fingerprint density at radius 1 is 1.20 bits per heavy atom. The van der Waals surface area contributed by atoms with E-state index in [9.17, 15) is 0 Å². The van der Waals surface area contributed by atoms with Gasteiger partial charge in [0.05, 0.1) is 12.8 Å². The summed E-state index contributed by atoms with van der Waals surface area (Å²) in [5, 5.41) is 4.20. The van der Waals surface area contributed by atoms with E-state index in [2.05, 4.69) is 26.6 Å². The Balaban J connectivity index is 1.70. The Bertz CT molecular complexity index is 988. The number of hydrogen-bond donors (Lipinski definition) is 1. The topological polar surface area (TPSA) is 67.7 Å². The molecular formula is C17H12Cl2N5O+. The SMILES string of the molecule is Clc1cccc(Cl)c1Cn1cnc(=NCc2ccco2)c2c1N[C+]=N2. The Morgan fingerprint density at radius 2 is 2.04 bits per heavy atom. The predicted octanol–water partition coefficient (Wildman–Crippen LogP) is 3.89. The van der Waals surface area contributed by atoms with E-state index in [1.165, 1.54) is 0 Å². The third-order valence-electron chi connectivity index (χ3n) is 3.74. The number of anilines is 1. The number of aromatic nitrogens is 2. The van der Waals surface area contributed by atoms with E-state index in [0.29, 0.717) is 34.3 Å². The van der Waals surface area contributed by atoms with Crippen molar-refractivity contribution in [2.45, 2.75) is 13.1 Å². The van der Waals surface area contributed by atoms with Gasteiger partial charge >= 0.3 is 5.69 Å². The second-order valence-electron chi connectivity index (χ2n) is 5.34. The molecule has 0 spiro atoms. The Kier molecular flexibility index (Phi) is 4.24. The second kappa shape index (κ2) is 6.69. The molecule has 0 aliphatic carbocycles. The number of fused-ring (bicyclic) bond motifs is 1. The van der Waals surface area contributed by atoms with Crippen molar-refractivity contribution in [3.05, 3.63) is 69.8 Å². The summed E-state index contributed by atoms with van der Waals surface area (Å²) in [5.74, 6) is 1.50. The number of aliphatic imine (C=N–C) groups is 1. The van der Waals surface area contributed by atoms with Crippen LogP contribution < -0.4 is 10.8 Å². The van der Waals surface area contributed by atoms with E-state index >= 15 is 0 Å². The third-order valence-corrected chi connectivity index (χ3v) is 4.45. The lowest BCUT2D eigenvalue weighted by molar-refractivity contribution is 0.510. The van der Waals surface area contributed by atoms with Gasteiger partial charge in [-0.15, -0.1) is 0 Å². The van der Waals surface area contributed by atoms with E-state index in [0.717, 1.165) is 17.1 Å². The summed E-state index contributed by atoms with van der Waals surface area (Å²) >= 11 is 12.5. The zero-order valence-electron chi connectivity index (χ0n) is 12.9. The zero-order chi connectivity index (χ0) is 17.2. The number of furan rings is 1. The maximum Gasteiger partial charge on any atom is 0.310 e. The van der Waals surface area contributed by atoms with Crippen molar-refractivity contribution >= 4 is 41.0 Å². The molecule has 124 valence electrons. The molecule has 0 atom stereocenters. The third kappa shape index (κ3) is 3.15. The van der Waals surface area contributed by atoms with E-state index in [4.69, 9.17) is 27.6 Å². The predicted molar refractivity (Wildman–Crippen MR) is 96.5 cm³/mol. The van der Waals surface area contributed by atoms with Gasteiger partial charge in [0.25, 0.3) is 17.6 Å². The fraction of sp³-hybridized carbons (Fsp3) is 0.118. The van der Waals surface area contributed by atoms with E-state index < -0.39 is 0 Å². The van der Waals surface area contributed by atoms with Crippen LogP contribution in [0.25, 0.3) is 0 Å². The molecule has 0 amide bonds. The van der Waals surface area contributed by atoms with Crippen LogP contribution in [0.5, 0.6) is 0 Å². The largest absolute Gasteiger partial charge is 0.467 e. The molecule has 0 fully saturated rings. The van der Waals surface area contributed by atoms with E-state index in [1.807, 2.05) is 22.8 Å². The summed E-state index contributed by atoms with van der Waals surface area (Å²) in [4.78, 5) is 13.1. The number of benzene rings is 1. The highest BCUT2D eigenvalue weighted by Crippen LogP contribution is 2.29. The maximum absolute atomic E-state index is 6.26. The van der Waals surface area contributed by atoms with Crippen molar-refractivity contribution in [2.24, 2.45) is 9.98 Å². The molecule has 3 aromatic rings. The standard InChI is InChI=1S/C17H12Cl2N5O/c18-13-4-1-5-14(19)12(13)8-24-10-23-16(15-17(24)22-9-21-15)20-7-11-3-2-6-25-11/h1-6,10H,7-8H2,(H,21,22)/q+1. The number of nitrogens with zero attached hydrogens (tertiary/aromatic N) is 4. The lowest BCUT2D eigenvalue weighted by Gasteiger charge is -2.09. The molecule has 1 aromatic carbocycles. The van der Waals surface area contributed by atoms with Crippen molar-refractivity contribution in [2.75, 3.05) is 5.32 Å². The Labute approximate surface area is 153 Å². The molecule has 8 heteroatoms. The van der Waals surface area contributed by atoms with E-state index in [1.54, 1.807) is 24.7 Å². The highest BCUT2D eigenvalue weighted by molar-refractivity contribution is 6.36. The molecule has 0 saturated heterocycles. The molecule has 3 heterocycles. The molecule has 2 aromatic heterocycles.